The van der Waals surface area contributed by atoms with Gasteiger partial charge in [0.15, 0.2) is 0 Å². The van der Waals surface area contributed by atoms with Crippen LogP contribution in [0.5, 0.6) is 0 Å². The zero-order valence-electron chi connectivity index (χ0n) is 8.27. The molecule has 0 spiro atoms. The minimum absolute atomic E-state index is 0.267. The van der Waals surface area contributed by atoms with Gasteiger partial charge in [0, 0.05) is 19.7 Å². The third-order valence-corrected chi connectivity index (χ3v) is 1.99. The fraction of sp³-hybridized carbons (Fsp3) is 0.778. The first-order valence-corrected chi connectivity index (χ1v) is 4.75. The van der Waals surface area contributed by atoms with Crippen LogP contribution < -0.4 is 0 Å². The van der Waals surface area contributed by atoms with E-state index in [2.05, 4.69) is 17.2 Å². The van der Waals surface area contributed by atoms with Gasteiger partial charge in [0.05, 0.1) is 11.8 Å². The van der Waals surface area contributed by atoms with E-state index in [0.717, 1.165) is 25.0 Å². The van der Waals surface area contributed by atoms with E-state index in [4.69, 9.17) is 0 Å². The molecule has 1 rings (SSSR count). The van der Waals surface area contributed by atoms with Crippen molar-refractivity contribution >= 4 is 0 Å². The van der Waals surface area contributed by atoms with Crippen molar-refractivity contribution in [2.45, 2.75) is 38.7 Å². The van der Waals surface area contributed by atoms with Crippen molar-refractivity contribution in [1.29, 1.82) is 0 Å². The number of hydrogen-bond donors (Lipinski definition) is 1. The number of aliphatic hydroxyl groups excluding tert-OH is 1. The molecule has 1 N–H and O–H groups in total. The Labute approximate surface area is 78.6 Å². The van der Waals surface area contributed by atoms with E-state index in [-0.39, 0.29) is 6.10 Å². The van der Waals surface area contributed by atoms with Gasteiger partial charge in [-0.2, -0.15) is 0 Å². The van der Waals surface area contributed by atoms with Gasteiger partial charge in [-0.1, -0.05) is 25.0 Å². The largest absolute Gasteiger partial charge is 0.393 e. The molecule has 0 amide bonds. The summed E-state index contributed by atoms with van der Waals surface area (Å²) in [7, 11) is 1.83. The van der Waals surface area contributed by atoms with Crippen molar-refractivity contribution in [2.24, 2.45) is 7.05 Å². The summed E-state index contributed by atoms with van der Waals surface area (Å²) in [4.78, 5) is 0. The van der Waals surface area contributed by atoms with Gasteiger partial charge in [-0.15, -0.1) is 5.10 Å². The van der Waals surface area contributed by atoms with E-state index in [9.17, 15) is 5.11 Å². The van der Waals surface area contributed by atoms with Crippen molar-refractivity contribution < 1.29 is 5.11 Å². The van der Waals surface area contributed by atoms with Gasteiger partial charge in [0.2, 0.25) is 0 Å². The molecule has 0 aromatic carbocycles. The zero-order valence-corrected chi connectivity index (χ0v) is 8.27. The number of nitrogens with zero attached hydrogens (tertiary/aromatic N) is 3. The summed E-state index contributed by atoms with van der Waals surface area (Å²) in [5, 5.41) is 17.3. The quantitative estimate of drug-likeness (QED) is 0.738. The Morgan fingerprint density at radius 2 is 2.38 bits per heavy atom. The Kier molecular flexibility index (Phi) is 3.89. The predicted octanol–water partition coefficient (Wildman–Crippen LogP) is 0.909. The second-order valence-corrected chi connectivity index (χ2v) is 3.38. The first-order chi connectivity index (χ1) is 6.22. The minimum Gasteiger partial charge on any atom is -0.393 e. The highest BCUT2D eigenvalue weighted by atomic mass is 16.3. The van der Waals surface area contributed by atoms with Crippen LogP contribution >= 0.6 is 0 Å². The Balaban J connectivity index is 2.31. The normalized spacial score (nSPS) is 13.2. The van der Waals surface area contributed by atoms with Gasteiger partial charge < -0.3 is 5.11 Å². The number of hydrogen-bond acceptors (Lipinski definition) is 3. The summed E-state index contributed by atoms with van der Waals surface area (Å²) < 4.78 is 1.65. The van der Waals surface area contributed by atoms with Crippen LogP contribution in [-0.4, -0.2) is 26.2 Å². The molecule has 74 valence electrons. The molecule has 1 unspecified atom stereocenters. The van der Waals surface area contributed by atoms with E-state index in [1.807, 2.05) is 13.2 Å². The van der Waals surface area contributed by atoms with E-state index in [1.165, 1.54) is 0 Å². The summed E-state index contributed by atoms with van der Waals surface area (Å²) in [5.41, 5.74) is 0.867. The minimum atomic E-state index is -0.267. The number of rotatable bonds is 5. The van der Waals surface area contributed by atoms with Crippen molar-refractivity contribution in [1.82, 2.24) is 15.0 Å². The molecular formula is C9H17N3O. The van der Waals surface area contributed by atoms with E-state index >= 15 is 0 Å². The van der Waals surface area contributed by atoms with Crippen LogP contribution in [0.1, 0.15) is 31.9 Å². The van der Waals surface area contributed by atoms with Gasteiger partial charge in [0.25, 0.3) is 0 Å². The van der Waals surface area contributed by atoms with Crippen molar-refractivity contribution in [3.63, 3.8) is 0 Å². The van der Waals surface area contributed by atoms with Gasteiger partial charge >= 0.3 is 0 Å². The standard InChI is InChI=1S/C9H17N3O/c1-3-4-5-9(13)6-8-7-12(2)11-10-8/h7,9,13H,3-6H2,1-2H3. The van der Waals surface area contributed by atoms with E-state index in [0.29, 0.717) is 6.42 Å². The lowest BCUT2D eigenvalue weighted by atomic mass is 10.1. The topological polar surface area (TPSA) is 50.9 Å². The molecule has 0 radical (unpaired) electrons. The van der Waals surface area contributed by atoms with Crippen molar-refractivity contribution in [2.75, 3.05) is 0 Å². The van der Waals surface area contributed by atoms with Gasteiger partial charge in [0.1, 0.15) is 0 Å². The Hall–Kier alpha value is -0.900. The van der Waals surface area contributed by atoms with Crippen LogP contribution in [0, 0.1) is 0 Å². The molecule has 0 bridgehead atoms. The summed E-state index contributed by atoms with van der Waals surface area (Å²) in [6.07, 6.45) is 5.24. The number of aryl methyl sites for hydroxylation is 1. The maximum Gasteiger partial charge on any atom is 0.0852 e. The molecular weight excluding hydrogens is 166 g/mol. The highest BCUT2D eigenvalue weighted by Gasteiger charge is 2.07. The molecule has 0 saturated carbocycles. The van der Waals surface area contributed by atoms with Gasteiger partial charge in [-0.25, -0.2) is 0 Å². The number of aromatic nitrogens is 3. The van der Waals surface area contributed by atoms with E-state index < -0.39 is 0 Å². The Morgan fingerprint density at radius 1 is 1.62 bits per heavy atom. The fourth-order valence-corrected chi connectivity index (χ4v) is 1.27. The average molecular weight is 183 g/mol. The second-order valence-electron chi connectivity index (χ2n) is 3.38. The van der Waals surface area contributed by atoms with Gasteiger partial charge in [-0.05, 0) is 6.42 Å². The molecule has 0 aliphatic carbocycles. The summed E-state index contributed by atoms with van der Waals surface area (Å²) >= 11 is 0. The maximum absolute atomic E-state index is 9.57. The van der Waals surface area contributed by atoms with Crippen LogP contribution in [-0.2, 0) is 13.5 Å². The predicted molar refractivity (Wildman–Crippen MR) is 50.2 cm³/mol. The van der Waals surface area contributed by atoms with E-state index in [1.54, 1.807) is 4.68 Å². The molecule has 13 heavy (non-hydrogen) atoms. The van der Waals surface area contributed by atoms with Crippen LogP contribution in [0.25, 0.3) is 0 Å². The third kappa shape index (κ3) is 3.55. The SMILES string of the molecule is CCCCC(O)Cc1cn(C)nn1. The molecule has 1 atom stereocenters. The highest BCUT2D eigenvalue weighted by Crippen LogP contribution is 2.05. The average Bonchev–Trinajstić information content (AvgIpc) is 2.48. The van der Waals surface area contributed by atoms with Crippen LogP contribution in [0.3, 0.4) is 0 Å². The maximum atomic E-state index is 9.57. The third-order valence-electron chi connectivity index (χ3n) is 1.99. The number of unbranched alkanes of at least 4 members (excludes halogenated alkanes) is 1. The zero-order chi connectivity index (χ0) is 9.68. The monoisotopic (exact) mass is 183 g/mol. The highest BCUT2D eigenvalue weighted by molar-refractivity contribution is 4.93. The summed E-state index contributed by atoms with van der Waals surface area (Å²) in [5.74, 6) is 0. The van der Waals surface area contributed by atoms with Crippen LogP contribution in [0.2, 0.25) is 0 Å². The Morgan fingerprint density at radius 3 is 2.92 bits per heavy atom. The summed E-state index contributed by atoms with van der Waals surface area (Å²) in [6.45, 7) is 2.12. The van der Waals surface area contributed by atoms with Crippen LogP contribution in [0.4, 0.5) is 0 Å². The van der Waals surface area contributed by atoms with Crippen molar-refractivity contribution in [3.8, 4) is 0 Å². The molecule has 4 nitrogen and oxygen atoms in total. The van der Waals surface area contributed by atoms with Crippen molar-refractivity contribution in [3.05, 3.63) is 11.9 Å². The van der Waals surface area contributed by atoms with Crippen LogP contribution in [0.15, 0.2) is 6.20 Å². The molecule has 1 heterocycles. The Bertz CT molecular complexity index is 247. The molecule has 0 aliphatic heterocycles. The molecule has 4 heteroatoms. The molecule has 1 aromatic rings. The first kappa shape index (κ1) is 10.2. The molecule has 0 saturated heterocycles. The number of aliphatic hydroxyl groups is 1. The molecule has 0 aliphatic rings. The fourth-order valence-electron chi connectivity index (χ4n) is 1.27. The smallest absolute Gasteiger partial charge is 0.0852 e. The molecule has 0 fully saturated rings. The lowest BCUT2D eigenvalue weighted by Crippen LogP contribution is -2.10. The lowest BCUT2D eigenvalue weighted by molar-refractivity contribution is 0.160. The first-order valence-electron chi connectivity index (χ1n) is 4.75. The molecule has 1 aromatic heterocycles. The summed E-state index contributed by atoms with van der Waals surface area (Å²) in [6, 6.07) is 0. The van der Waals surface area contributed by atoms with Gasteiger partial charge in [-0.3, -0.25) is 4.68 Å². The second kappa shape index (κ2) is 4.97. The lowest BCUT2D eigenvalue weighted by Gasteiger charge is -2.06.